The van der Waals surface area contributed by atoms with Gasteiger partial charge < -0.3 is 5.32 Å². The first-order valence-corrected chi connectivity index (χ1v) is 9.99. The Balaban J connectivity index is 1.51. The van der Waals surface area contributed by atoms with Gasteiger partial charge in [-0.1, -0.05) is 13.3 Å². The third kappa shape index (κ3) is 3.22. The van der Waals surface area contributed by atoms with Gasteiger partial charge in [0.05, 0.1) is 11.1 Å². The summed E-state index contributed by atoms with van der Waals surface area (Å²) in [4.78, 5) is 62.5. The normalized spacial score (nSPS) is 22.8. The molecule has 1 atom stereocenters. The average Bonchev–Trinajstić information content (AvgIpc) is 2.92. The van der Waals surface area contributed by atoms with E-state index in [9.17, 15) is 24.0 Å². The molecule has 1 unspecified atom stereocenters. The molecule has 3 aliphatic rings. The maximum absolute atomic E-state index is 12.8. The van der Waals surface area contributed by atoms with E-state index in [0.29, 0.717) is 12.1 Å². The van der Waals surface area contributed by atoms with E-state index in [2.05, 4.69) is 17.6 Å². The number of hydrogen-bond donors (Lipinski definition) is 2. The zero-order chi connectivity index (χ0) is 20.8. The van der Waals surface area contributed by atoms with Crippen molar-refractivity contribution < 1.29 is 24.0 Å². The maximum atomic E-state index is 12.8. The van der Waals surface area contributed by atoms with Crippen LogP contribution in [0.25, 0.3) is 0 Å². The molecule has 2 heterocycles. The molecule has 8 nitrogen and oxygen atoms in total. The van der Waals surface area contributed by atoms with Crippen LogP contribution in [0, 0.1) is 5.41 Å². The summed E-state index contributed by atoms with van der Waals surface area (Å²) in [6.45, 7) is 2.71. The summed E-state index contributed by atoms with van der Waals surface area (Å²) in [5, 5.41) is 5.11. The smallest absolute Gasteiger partial charge is 0.262 e. The fourth-order valence-corrected chi connectivity index (χ4v) is 4.31. The van der Waals surface area contributed by atoms with Gasteiger partial charge in [-0.15, -0.1) is 0 Å². The number of fused-ring (bicyclic) bond motifs is 1. The molecule has 0 bridgehead atoms. The molecule has 1 saturated carbocycles. The van der Waals surface area contributed by atoms with Crippen molar-refractivity contribution in [3.05, 3.63) is 34.9 Å². The molecule has 2 N–H and O–H groups in total. The molecule has 2 fully saturated rings. The molecule has 1 aromatic rings. The molecule has 0 spiro atoms. The molecule has 8 heteroatoms. The quantitative estimate of drug-likeness (QED) is 0.729. The minimum absolute atomic E-state index is 0.0661. The van der Waals surface area contributed by atoms with Crippen LogP contribution in [0.3, 0.4) is 0 Å². The van der Waals surface area contributed by atoms with Gasteiger partial charge in [0, 0.05) is 18.5 Å². The summed E-state index contributed by atoms with van der Waals surface area (Å²) in [6.07, 6.45) is 4.55. The predicted molar refractivity (Wildman–Crippen MR) is 102 cm³/mol. The summed E-state index contributed by atoms with van der Waals surface area (Å²) < 4.78 is 0. The summed E-state index contributed by atoms with van der Waals surface area (Å²) in [5.41, 5.74) is 0.753. The Morgan fingerprint density at radius 1 is 1.17 bits per heavy atom. The van der Waals surface area contributed by atoms with E-state index in [-0.39, 0.29) is 35.3 Å². The van der Waals surface area contributed by atoms with Crippen LogP contribution >= 0.6 is 0 Å². The first-order chi connectivity index (χ1) is 13.8. The molecule has 1 aliphatic carbocycles. The summed E-state index contributed by atoms with van der Waals surface area (Å²) in [6, 6.07) is 3.37. The number of nitrogens with one attached hydrogen (secondary N) is 2. The number of imide groups is 2. The van der Waals surface area contributed by atoms with Crippen LogP contribution in [0.1, 0.15) is 76.5 Å². The van der Waals surface area contributed by atoms with Gasteiger partial charge in [0.1, 0.15) is 6.04 Å². The molecule has 1 aromatic carbocycles. The number of amides is 5. The first-order valence-electron chi connectivity index (χ1n) is 9.99. The third-order valence-corrected chi connectivity index (χ3v) is 6.49. The number of hydrogen-bond acceptors (Lipinski definition) is 5. The second-order valence-electron chi connectivity index (χ2n) is 8.10. The van der Waals surface area contributed by atoms with Gasteiger partial charge in [-0.25, -0.2) is 0 Å². The minimum Gasteiger partial charge on any atom is -0.351 e. The lowest BCUT2D eigenvalue weighted by atomic mass is 9.67. The van der Waals surface area contributed by atoms with E-state index in [4.69, 9.17) is 0 Å². The lowest BCUT2D eigenvalue weighted by Crippen LogP contribution is -2.54. The van der Waals surface area contributed by atoms with Crippen molar-refractivity contribution in [2.75, 3.05) is 6.54 Å². The maximum Gasteiger partial charge on any atom is 0.262 e. The van der Waals surface area contributed by atoms with Crippen LogP contribution in [0.5, 0.6) is 0 Å². The van der Waals surface area contributed by atoms with E-state index in [0.717, 1.165) is 24.2 Å². The van der Waals surface area contributed by atoms with Crippen molar-refractivity contribution in [2.45, 2.75) is 51.5 Å². The Hall–Kier alpha value is -3.03. The molecule has 152 valence electrons. The van der Waals surface area contributed by atoms with E-state index < -0.39 is 29.7 Å². The molecule has 0 radical (unpaired) electrons. The number of benzene rings is 1. The lowest BCUT2D eigenvalue weighted by Gasteiger charge is -2.41. The Kier molecular flexibility index (Phi) is 4.72. The highest BCUT2D eigenvalue weighted by Gasteiger charge is 2.44. The highest BCUT2D eigenvalue weighted by molar-refractivity contribution is 6.24. The van der Waals surface area contributed by atoms with Crippen LogP contribution in [0.15, 0.2) is 18.2 Å². The number of nitrogens with zero attached hydrogens (tertiary/aromatic N) is 1. The Morgan fingerprint density at radius 3 is 2.52 bits per heavy atom. The minimum atomic E-state index is -1.01. The van der Waals surface area contributed by atoms with E-state index in [1.165, 1.54) is 24.6 Å². The van der Waals surface area contributed by atoms with Crippen molar-refractivity contribution >= 4 is 29.5 Å². The zero-order valence-electron chi connectivity index (χ0n) is 16.2. The first kappa shape index (κ1) is 19.3. The topological polar surface area (TPSA) is 113 Å². The standard InChI is InChI=1S/C21H23N3O5/c1-2-21(8-3-9-21)11-22-17(26)12-4-5-13-14(10-12)20(29)24(19(13)28)15-6-7-16(25)23-18(15)27/h4-5,10,15H,2-3,6-9,11H2,1H3,(H,22,26)(H,23,25,27). The average molecular weight is 397 g/mol. The van der Waals surface area contributed by atoms with Gasteiger partial charge in [-0.3, -0.25) is 34.2 Å². The van der Waals surface area contributed by atoms with Crippen molar-refractivity contribution in [1.29, 1.82) is 0 Å². The Labute approximate surface area is 168 Å². The number of rotatable bonds is 5. The molecule has 5 amide bonds. The molecular formula is C21H23N3O5. The van der Waals surface area contributed by atoms with Crippen LogP contribution in [0.4, 0.5) is 0 Å². The van der Waals surface area contributed by atoms with Crippen LogP contribution in [-0.2, 0) is 9.59 Å². The van der Waals surface area contributed by atoms with Crippen molar-refractivity contribution in [3.63, 3.8) is 0 Å². The Bertz CT molecular complexity index is 929. The van der Waals surface area contributed by atoms with Gasteiger partial charge in [0.25, 0.3) is 17.7 Å². The monoisotopic (exact) mass is 397 g/mol. The predicted octanol–water partition coefficient (Wildman–Crippen LogP) is 1.40. The second kappa shape index (κ2) is 7.09. The highest BCUT2D eigenvalue weighted by Crippen LogP contribution is 2.43. The molecular weight excluding hydrogens is 374 g/mol. The number of piperidine rings is 1. The van der Waals surface area contributed by atoms with Crippen LogP contribution in [-0.4, -0.2) is 47.0 Å². The Morgan fingerprint density at radius 2 is 1.90 bits per heavy atom. The van der Waals surface area contributed by atoms with Gasteiger partial charge in [-0.05, 0) is 49.3 Å². The fraction of sp³-hybridized carbons (Fsp3) is 0.476. The summed E-state index contributed by atoms with van der Waals surface area (Å²) in [5.74, 6) is -2.55. The summed E-state index contributed by atoms with van der Waals surface area (Å²) in [7, 11) is 0. The van der Waals surface area contributed by atoms with Crippen molar-refractivity contribution in [2.24, 2.45) is 5.41 Å². The van der Waals surface area contributed by atoms with Gasteiger partial charge in [0.2, 0.25) is 11.8 Å². The van der Waals surface area contributed by atoms with E-state index in [1.54, 1.807) is 0 Å². The molecule has 4 rings (SSSR count). The van der Waals surface area contributed by atoms with Gasteiger partial charge in [-0.2, -0.15) is 0 Å². The summed E-state index contributed by atoms with van der Waals surface area (Å²) >= 11 is 0. The molecule has 29 heavy (non-hydrogen) atoms. The van der Waals surface area contributed by atoms with E-state index in [1.807, 2.05) is 0 Å². The van der Waals surface area contributed by atoms with E-state index >= 15 is 0 Å². The molecule has 1 saturated heterocycles. The van der Waals surface area contributed by atoms with Gasteiger partial charge in [0.15, 0.2) is 0 Å². The fourth-order valence-electron chi connectivity index (χ4n) is 4.31. The number of carbonyl (C=O) groups is 5. The van der Waals surface area contributed by atoms with Crippen molar-refractivity contribution in [3.8, 4) is 0 Å². The second-order valence-corrected chi connectivity index (χ2v) is 8.10. The SMILES string of the molecule is CCC1(CNC(=O)c2ccc3c(c2)C(=O)N(C2CCC(=O)NC2=O)C3=O)CCC1. The molecule has 0 aromatic heterocycles. The largest absolute Gasteiger partial charge is 0.351 e. The van der Waals surface area contributed by atoms with Crippen molar-refractivity contribution in [1.82, 2.24) is 15.5 Å². The molecule has 2 aliphatic heterocycles. The third-order valence-electron chi connectivity index (χ3n) is 6.49. The number of carbonyl (C=O) groups excluding carboxylic acids is 5. The van der Waals surface area contributed by atoms with Gasteiger partial charge >= 0.3 is 0 Å². The zero-order valence-corrected chi connectivity index (χ0v) is 16.2. The van der Waals surface area contributed by atoms with Crippen LogP contribution in [0.2, 0.25) is 0 Å². The lowest BCUT2D eigenvalue weighted by molar-refractivity contribution is -0.136. The van der Waals surface area contributed by atoms with Crippen LogP contribution < -0.4 is 10.6 Å². The highest BCUT2D eigenvalue weighted by atomic mass is 16.2.